The number of aromatic nitrogens is 2. The molecule has 96 valence electrons. The van der Waals surface area contributed by atoms with Gasteiger partial charge in [-0.15, -0.1) is 0 Å². The number of hydrogen-bond acceptors (Lipinski definition) is 2. The second-order valence-corrected chi connectivity index (χ2v) is 4.80. The van der Waals surface area contributed by atoms with Crippen LogP contribution in [0.15, 0.2) is 0 Å². The van der Waals surface area contributed by atoms with Crippen LogP contribution in [-0.4, -0.2) is 20.9 Å². The fourth-order valence-electron chi connectivity index (χ4n) is 2.20. The Bertz CT molecular complexity index is 396. The zero-order chi connectivity index (χ0) is 13.0. The van der Waals surface area contributed by atoms with Crippen LogP contribution in [0.25, 0.3) is 0 Å². The Hall–Kier alpha value is -1.32. The van der Waals surface area contributed by atoms with Crippen LogP contribution in [0.4, 0.5) is 0 Å². The Morgan fingerprint density at radius 3 is 2.65 bits per heavy atom. The fourth-order valence-corrected chi connectivity index (χ4v) is 2.20. The summed E-state index contributed by atoms with van der Waals surface area (Å²) in [5.74, 6) is -0.215. The first kappa shape index (κ1) is 13.7. The molecule has 1 atom stereocenters. The molecule has 1 aromatic rings. The van der Waals surface area contributed by atoms with E-state index in [1.54, 1.807) is 0 Å². The number of hydrogen-bond donors (Lipinski definition) is 1. The number of nitrogens with zero attached hydrogens (tertiary/aromatic N) is 2. The van der Waals surface area contributed by atoms with E-state index in [2.05, 4.69) is 18.9 Å². The number of carbonyl (C=O) groups is 1. The van der Waals surface area contributed by atoms with Gasteiger partial charge in [-0.2, -0.15) is 5.10 Å². The number of rotatable bonds is 6. The fraction of sp³-hybridized carbons (Fsp3) is 0.692. The second kappa shape index (κ2) is 5.84. The zero-order valence-corrected chi connectivity index (χ0v) is 11.2. The van der Waals surface area contributed by atoms with Gasteiger partial charge in [-0.1, -0.05) is 20.3 Å². The molecular formula is C13H22N2O2. The van der Waals surface area contributed by atoms with Crippen molar-refractivity contribution in [2.45, 2.75) is 53.5 Å². The standard InChI is InChI=1S/C13H22N2O2/c1-5-6-9(2)8-15-11(4)12(7-13(16)17)10(3)14-15/h9H,5-8H2,1-4H3,(H,16,17). The summed E-state index contributed by atoms with van der Waals surface area (Å²) in [6.45, 7) is 9.09. The second-order valence-electron chi connectivity index (χ2n) is 4.80. The van der Waals surface area contributed by atoms with E-state index in [0.29, 0.717) is 5.92 Å². The highest BCUT2D eigenvalue weighted by atomic mass is 16.4. The topological polar surface area (TPSA) is 55.1 Å². The number of aliphatic carboxylic acids is 1. The van der Waals surface area contributed by atoms with Crippen molar-refractivity contribution in [1.29, 1.82) is 0 Å². The van der Waals surface area contributed by atoms with Gasteiger partial charge in [0.1, 0.15) is 0 Å². The first-order chi connectivity index (χ1) is 7.95. The van der Waals surface area contributed by atoms with Gasteiger partial charge >= 0.3 is 5.97 Å². The highest BCUT2D eigenvalue weighted by Gasteiger charge is 2.15. The van der Waals surface area contributed by atoms with Crippen LogP contribution in [0.2, 0.25) is 0 Å². The summed E-state index contributed by atoms with van der Waals surface area (Å²) in [6.07, 6.45) is 2.41. The van der Waals surface area contributed by atoms with Crippen LogP contribution in [0.5, 0.6) is 0 Å². The van der Waals surface area contributed by atoms with Crippen molar-refractivity contribution in [2.75, 3.05) is 0 Å². The molecule has 0 bridgehead atoms. The van der Waals surface area contributed by atoms with Gasteiger partial charge in [-0.3, -0.25) is 9.48 Å². The Labute approximate surface area is 103 Å². The van der Waals surface area contributed by atoms with Crippen LogP contribution in [0.3, 0.4) is 0 Å². The molecule has 0 aliphatic heterocycles. The molecule has 0 spiro atoms. The summed E-state index contributed by atoms with van der Waals surface area (Å²) in [6, 6.07) is 0. The van der Waals surface area contributed by atoms with E-state index in [0.717, 1.165) is 23.5 Å². The summed E-state index contributed by atoms with van der Waals surface area (Å²) in [7, 11) is 0. The van der Waals surface area contributed by atoms with E-state index in [4.69, 9.17) is 5.11 Å². The third-order valence-electron chi connectivity index (χ3n) is 3.13. The van der Waals surface area contributed by atoms with Crippen molar-refractivity contribution in [3.63, 3.8) is 0 Å². The van der Waals surface area contributed by atoms with Crippen molar-refractivity contribution < 1.29 is 9.90 Å². The zero-order valence-electron chi connectivity index (χ0n) is 11.2. The van der Waals surface area contributed by atoms with Crippen LogP contribution in [-0.2, 0) is 17.8 Å². The van der Waals surface area contributed by atoms with Crippen LogP contribution in [0.1, 0.15) is 43.6 Å². The van der Waals surface area contributed by atoms with Crippen molar-refractivity contribution in [2.24, 2.45) is 5.92 Å². The van der Waals surface area contributed by atoms with Crippen molar-refractivity contribution in [3.05, 3.63) is 17.0 Å². The lowest BCUT2D eigenvalue weighted by atomic mass is 10.1. The SMILES string of the molecule is CCCC(C)Cn1nc(C)c(CC(=O)O)c1C. The molecule has 0 aromatic carbocycles. The average molecular weight is 238 g/mol. The maximum absolute atomic E-state index is 10.8. The lowest BCUT2D eigenvalue weighted by Gasteiger charge is -2.11. The summed E-state index contributed by atoms with van der Waals surface area (Å²) < 4.78 is 1.95. The molecule has 1 heterocycles. The van der Waals surface area contributed by atoms with Gasteiger partial charge in [-0.25, -0.2) is 0 Å². The van der Waals surface area contributed by atoms with E-state index in [1.165, 1.54) is 12.8 Å². The van der Waals surface area contributed by atoms with Gasteiger partial charge < -0.3 is 5.11 Å². The van der Waals surface area contributed by atoms with Crippen LogP contribution in [0, 0.1) is 19.8 Å². The Morgan fingerprint density at radius 1 is 1.47 bits per heavy atom. The normalized spacial score (nSPS) is 12.7. The largest absolute Gasteiger partial charge is 0.481 e. The van der Waals surface area contributed by atoms with Gasteiger partial charge in [0.15, 0.2) is 0 Å². The lowest BCUT2D eigenvalue weighted by Crippen LogP contribution is -2.11. The minimum atomic E-state index is -0.794. The predicted octanol–water partition coefficient (Wildman–Crippen LogP) is 2.56. The molecular weight excluding hydrogens is 216 g/mol. The number of aryl methyl sites for hydroxylation is 1. The van der Waals surface area contributed by atoms with Gasteiger partial charge in [0.25, 0.3) is 0 Å². The van der Waals surface area contributed by atoms with E-state index in [-0.39, 0.29) is 6.42 Å². The van der Waals surface area contributed by atoms with Crippen LogP contribution >= 0.6 is 0 Å². The molecule has 4 nitrogen and oxygen atoms in total. The molecule has 1 rings (SSSR count). The van der Waals surface area contributed by atoms with Gasteiger partial charge in [0, 0.05) is 17.8 Å². The maximum Gasteiger partial charge on any atom is 0.307 e. The molecule has 1 unspecified atom stereocenters. The molecule has 0 aliphatic carbocycles. The monoisotopic (exact) mass is 238 g/mol. The molecule has 1 N–H and O–H groups in total. The van der Waals surface area contributed by atoms with Crippen molar-refractivity contribution in [1.82, 2.24) is 9.78 Å². The minimum absolute atomic E-state index is 0.0693. The minimum Gasteiger partial charge on any atom is -0.481 e. The average Bonchev–Trinajstić information content (AvgIpc) is 2.46. The summed E-state index contributed by atoms with van der Waals surface area (Å²) >= 11 is 0. The molecule has 0 saturated carbocycles. The molecule has 0 radical (unpaired) electrons. The van der Waals surface area contributed by atoms with Gasteiger partial charge in [-0.05, 0) is 26.2 Å². The summed E-state index contributed by atoms with van der Waals surface area (Å²) in [5, 5.41) is 13.3. The Kier molecular flexibility index (Phi) is 4.73. The van der Waals surface area contributed by atoms with Crippen LogP contribution < -0.4 is 0 Å². The predicted molar refractivity (Wildman–Crippen MR) is 67.1 cm³/mol. The van der Waals surface area contributed by atoms with Crippen molar-refractivity contribution in [3.8, 4) is 0 Å². The Morgan fingerprint density at radius 2 is 2.12 bits per heavy atom. The quantitative estimate of drug-likeness (QED) is 0.828. The highest BCUT2D eigenvalue weighted by Crippen LogP contribution is 2.16. The third kappa shape index (κ3) is 3.58. The maximum atomic E-state index is 10.8. The first-order valence-corrected chi connectivity index (χ1v) is 6.20. The molecule has 0 amide bonds. The Balaban J connectivity index is 2.84. The van der Waals surface area contributed by atoms with E-state index >= 15 is 0 Å². The van der Waals surface area contributed by atoms with Crippen molar-refractivity contribution >= 4 is 5.97 Å². The molecule has 4 heteroatoms. The van der Waals surface area contributed by atoms with E-state index < -0.39 is 5.97 Å². The molecule has 0 aliphatic rings. The molecule has 17 heavy (non-hydrogen) atoms. The molecule has 0 fully saturated rings. The number of carboxylic acid groups (broad SMARTS) is 1. The highest BCUT2D eigenvalue weighted by molar-refractivity contribution is 5.70. The molecule has 1 aromatic heterocycles. The lowest BCUT2D eigenvalue weighted by molar-refractivity contribution is -0.136. The van der Waals surface area contributed by atoms with E-state index in [1.807, 2.05) is 18.5 Å². The summed E-state index contributed by atoms with van der Waals surface area (Å²) in [4.78, 5) is 10.8. The summed E-state index contributed by atoms with van der Waals surface area (Å²) in [5.41, 5.74) is 2.70. The number of carboxylic acids is 1. The van der Waals surface area contributed by atoms with E-state index in [9.17, 15) is 4.79 Å². The smallest absolute Gasteiger partial charge is 0.307 e. The van der Waals surface area contributed by atoms with Gasteiger partial charge in [0.05, 0.1) is 12.1 Å². The third-order valence-corrected chi connectivity index (χ3v) is 3.13. The van der Waals surface area contributed by atoms with Gasteiger partial charge in [0.2, 0.25) is 0 Å². The molecule has 0 saturated heterocycles. The first-order valence-electron chi connectivity index (χ1n) is 6.20.